The highest BCUT2D eigenvalue weighted by atomic mass is 127. The van der Waals surface area contributed by atoms with Crippen molar-refractivity contribution in [3.05, 3.63) is 65.5 Å². The summed E-state index contributed by atoms with van der Waals surface area (Å²) in [6.45, 7) is 1.52. The van der Waals surface area contributed by atoms with Gasteiger partial charge in [0.15, 0.2) is 5.96 Å². The molecule has 1 aromatic heterocycles. The molecule has 1 atom stereocenters. The normalized spacial score (nSPS) is 16.8. The van der Waals surface area contributed by atoms with Gasteiger partial charge in [0.2, 0.25) is 0 Å². The van der Waals surface area contributed by atoms with Gasteiger partial charge in [0, 0.05) is 37.3 Å². The van der Waals surface area contributed by atoms with Crippen molar-refractivity contribution in [2.45, 2.75) is 31.6 Å². The average molecular weight is 436 g/mol. The number of aliphatic imine (C=N–C) groups is 1. The summed E-state index contributed by atoms with van der Waals surface area (Å²) in [4.78, 5) is 8.84. The molecule has 0 radical (unpaired) electrons. The number of pyridine rings is 1. The van der Waals surface area contributed by atoms with Gasteiger partial charge in [-0.05, 0) is 42.5 Å². The van der Waals surface area contributed by atoms with E-state index in [9.17, 15) is 0 Å². The quantitative estimate of drug-likeness (QED) is 0.430. The van der Waals surface area contributed by atoms with E-state index in [1.54, 1.807) is 0 Å². The third-order valence-corrected chi connectivity index (χ3v) is 4.39. The minimum atomic E-state index is 0. The molecule has 5 heteroatoms. The number of aromatic nitrogens is 1. The number of guanidine groups is 1. The molecule has 0 aliphatic heterocycles. The Morgan fingerprint density at radius 3 is 2.88 bits per heavy atom. The summed E-state index contributed by atoms with van der Waals surface area (Å²) < 4.78 is 0. The highest BCUT2D eigenvalue weighted by Crippen LogP contribution is 2.31. The first kappa shape index (κ1) is 18.7. The van der Waals surface area contributed by atoms with Crippen LogP contribution in [0.3, 0.4) is 0 Å². The number of hydrogen-bond acceptors (Lipinski definition) is 2. The summed E-state index contributed by atoms with van der Waals surface area (Å²) in [5.41, 5.74) is 9.98. The number of halogens is 1. The number of fused-ring (bicyclic) bond motifs is 1. The summed E-state index contributed by atoms with van der Waals surface area (Å²) >= 11 is 0. The minimum Gasteiger partial charge on any atom is -0.370 e. The van der Waals surface area contributed by atoms with Crippen LogP contribution in [0.2, 0.25) is 0 Å². The predicted octanol–water partition coefficient (Wildman–Crippen LogP) is 3.27. The van der Waals surface area contributed by atoms with E-state index in [4.69, 9.17) is 5.73 Å². The molecule has 0 bridgehead atoms. The zero-order valence-electron chi connectivity index (χ0n) is 13.8. The van der Waals surface area contributed by atoms with Gasteiger partial charge in [0.25, 0.3) is 0 Å². The van der Waals surface area contributed by atoms with Crippen LogP contribution in [0.4, 0.5) is 0 Å². The van der Waals surface area contributed by atoms with Crippen molar-refractivity contribution in [3.8, 4) is 0 Å². The van der Waals surface area contributed by atoms with Crippen molar-refractivity contribution in [2.75, 3.05) is 13.1 Å². The van der Waals surface area contributed by atoms with Gasteiger partial charge in [-0.2, -0.15) is 0 Å². The lowest BCUT2D eigenvalue weighted by molar-refractivity contribution is 0.560. The number of nitrogens with one attached hydrogen (secondary N) is 1. The molecule has 1 aliphatic rings. The fourth-order valence-electron chi connectivity index (χ4n) is 3.17. The number of benzene rings is 1. The molecule has 0 fully saturated rings. The second-order valence-electron chi connectivity index (χ2n) is 6.01. The van der Waals surface area contributed by atoms with Crippen molar-refractivity contribution in [2.24, 2.45) is 10.7 Å². The maximum Gasteiger partial charge on any atom is 0.188 e. The average Bonchev–Trinajstić information content (AvgIpc) is 2.61. The Hall–Kier alpha value is -1.63. The molecule has 1 heterocycles. The van der Waals surface area contributed by atoms with Crippen LogP contribution >= 0.6 is 24.0 Å². The Labute approximate surface area is 161 Å². The van der Waals surface area contributed by atoms with Gasteiger partial charge in [0.05, 0.1) is 0 Å². The molecule has 0 saturated carbocycles. The molecule has 128 valence electrons. The molecule has 24 heavy (non-hydrogen) atoms. The highest BCUT2D eigenvalue weighted by Gasteiger charge is 2.19. The Morgan fingerprint density at radius 2 is 2.04 bits per heavy atom. The molecule has 2 aromatic rings. The fraction of sp³-hybridized carbons (Fsp3) is 0.368. The molecule has 3 N–H and O–H groups in total. The van der Waals surface area contributed by atoms with Crippen LogP contribution in [0, 0.1) is 0 Å². The Morgan fingerprint density at radius 1 is 1.21 bits per heavy atom. The van der Waals surface area contributed by atoms with E-state index in [1.807, 2.05) is 24.4 Å². The molecule has 0 spiro atoms. The number of nitrogens with two attached hydrogens (primary N) is 1. The SMILES string of the molecule is I.NC(=NCC1CCCc2ccccc21)NCCc1ccccn1. The Bertz CT molecular complexity index is 657. The van der Waals surface area contributed by atoms with Gasteiger partial charge in [0.1, 0.15) is 0 Å². The zero-order valence-corrected chi connectivity index (χ0v) is 16.1. The monoisotopic (exact) mass is 436 g/mol. The van der Waals surface area contributed by atoms with E-state index in [0.717, 1.165) is 25.2 Å². The second-order valence-corrected chi connectivity index (χ2v) is 6.01. The van der Waals surface area contributed by atoms with Crippen molar-refractivity contribution >= 4 is 29.9 Å². The van der Waals surface area contributed by atoms with Gasteiger partial charge in [-0.15, -0.1) is 24.0 Å². The Kier molecular flexibility index (Phi) is 7.49. The molecule has 1 aromatic carbocycles. The number of nitrogens with zero attached hydrogens (tertiary/aromatic N) is 2. The molecule has 1 aliphatic carbocycles. The van der Waals surface area contributed by atoms with Crippen LogP contribution in [-0.2, 0) is 12.8 Å². The minimum absolute atomic E-state index is 0. The molecular weight excluding hydrogens is 411 g/mol. The van der Waals surface area contributed by atoms with E-state index in [0.29, 0.717) is 11.9 Å². The van der Waals surface area contributed by atoms with Crippen LogP contribution in [0.1, 0.15) is 35.6 Å². The van der Waals surface area contributed by atoms with Gasteiger partial charge in [-0.3, -0.25) is 9.98 Å². The first-order chi connectivity index (χ1) is 11.3. The van der Waals surface area contributed by atoms with Gasteiger partial charge in [-0.25, -0.2) is 0 Å². The van der Waals surface area contributed by atoms with Crippen molar-refractivity contribution in [1.29, 1.82) is 0 Å². The number of rotatable bonds is 5. The predicted molar refractivity (Wildman–Crippen MR) is 110 cm³/mol. The third kappa shape index (κ3) is 5.19. The second kappa shape index (κ2) is 9.61. The summed E-state index contributed by atoms with van der Waals surface area (Å²) in [6.07, 6.45) is 6.29. The molecule has 4 nitrogen and oxygen atoms in total. The lowest BCUT2D eigenvalue weighted by Crippen LogP contribution is -2.34. The Balaban J connectivity index is 0.00000208. The van der Waals surface area contributed by atoms with E-state index in [-0.39, 0.29) is 24.0 Å². The number of aryl methyl sites for hydroxylation is 1. The largest absolute Gasteiger partial charge is 0.370 e. The van der Waals surface area contributed by atoms with Crippen molar-refractivity contribution in [1.82, 2.24) is 10.3 Å². The van der Waals surface area contributed by atoms with Gasteiger partial charge >= 0.3 is 0 Å². The summed E-state index contributed by atoms with van der Waals surface area (Å²) in [6, 6.07) is 14.7. The first-order valence-electron chi connectivity index (χ1n) is 8.34. The van der Waals surface area contributed by atoms with Gasteiger partial charge in [-0.1, -0.05) is 30.3 Å². The lowest BCUT2D eigenvalue weighted by atomic mass is 9.83. The van der Waals surface area contributed by atoms with E-state index in [2.05, 4.69) is 39.6 Å². The van der Waals surface area contributed by atoms with Crippen molar-refractivity contribution < 1.29 is 0 Å². The zero-order chi connectivity index (χ0) is 15.9. The molecular formula is C19H25IN4. The van der Waals surface area contributed by atoms with Crippen LogP contribution in [-0.4, -0.2) is 24.0 Å². The third-order valence-electron chi connectivity index (χ3n) is 4.39. The maximum absolute atomic E-state index is 5.99. The van der Waals surface area contributed by atoms with Crippen LogP contribution < -0.4 is 11.1 Å². The summed E-state index contributed by atoms with van der Waals surface area (Å²) in [7, 11) is 0. The first-order valence-corrected chi connectivity index (χ1v) is 8.34. The molecule has 0 saturated heterocycles. The molecule has 1 unspecified atom stereocenters. The fourth-order valence-corrected chi connectivity index (χ4v) is 3.17. The molecule has 0 amide bonds. The van der Waals surface area contributed by atoms with Crippen molar-refractivity contribution in [3.63, 3.8) is 0 Å². The van der Waals surface area contributed by atoms with Crippen LogP contribution in [0.15, 0.2) is 53.7 Å². The molecule has 3 rings (SSSR count). The maximum atomic E-state index is 5.99. The van der Waals surface area contributed by atoms with E-state index >= 15 is 0 Å². The van der Waals surface area contributed by atoms with Crippen LogP contribution in [0.5, 0.6) is 0 Å². The lowest BCUT2D eigenvalue weighted by Gasteiger charge is -2.24. The highest BCUT2D eigenvalue weighted by molar-refractivity contribution is 14.0. The van der Waals surface area contributed by atoms with E-state index < -0.39 is 0 Å². The summed E-state index contributed by atoms with van der Waals surface area (Å²) in [5, 5.41) is 3.18. The van der Waals surface area contributed by atoms with Crippen LogP contribution in [0.25, 0.3) is 0 Å². The topological polar surface area (TPSA) is 63.3 Å². The summed E-state index contributed by atoms with van der Waals surface area (Å²) in [5.74, 6) is 1.03. The number of hydrogen-bond donors (Lipinski definition) is 2. The smallest absolute Gasteiger partial charge is 0.188 e. The standard InChI is InChI=1S/C19H24N4.HI/c20-19(22-13-11-17-9-3-4-12-21-17)23-14-16-8-5-7-15-6-1-2-10-18(15)16;/h1-4,6,9-10,12,16H,5,7-8,11,13-14H2,(H3,20,22,23);1H. The van der Waals surface area contributed by atoms with E-state index in [1.165, 1.54) is 30.4 Å². The van der Waals surface area contributed by atoms with Gasteiger partial charge < -0.3 is 11.1 Å².